The topological polar surface area (TPSA) is 68.8 Å². The normalized spacial score (nSPS) is 10.6. The second kappa shape index (κ2) is 11.9. The van der Waals surface area contributed by atoms with Gasteiger partial charge >= 0.3 is 0 Å². The average molecular weight is 386 g/mol. The summed E-state index contributed by atoms with van der Waals surface area (Å²) >= 11 is 0. The number of ether oxygens (including phenoxy) is 3. The molecule has 0 aliphatic heterocycles. The van der Waals surface area contributed by atoms with E-state index in [4.69, 9.17) is 14.2 Å². The van der Waals surface area contributed by atoms with Gasteiger partial charge in [0.2, 0.25) is 5.91 Å². The van der Waals surface area contributed by atoms with Gasteiger partial charge in [0.1, 0.15) is 18.1 Å². The Morgan fingerprint density at radius 3 is 2.25 bits per heavy atom. The Morgan fingerprint density at radius 1 is 0.929 bits per heavy atom. The van der Waals surface area contributed by atoms with Crippen LogP contribution in [0.4, 0.5) is 11.4 Å². The van der Waals surface area contributed by atoms with E-state index in [2.05, 4.69) is 24.5 Å². The zero-order valence-electron chi connectivity index (χ0n) is 16.9. The van der Waals surface area contributed by atoms with Crippen LogP contribution in [-0.4, -0.2) is 39.4 Å². The quantitative estimate of drug-likeness (QED) is 0.536. The first-order valence-corrected chi connectivity index (χ1v) is 9.55. The van der Waals surface area contributed by atoms with Crippen LogP contribution in [-0.2, 0) is 9.53 Å². The molecule has 6 nitrogen and oxygen atoms in total. The van der Waals surface area contributed by atoms with Crippen molar-refractivity contribution in [1.29, 1.82) is 0 Å². The van der Waals surface area contributed by atoms with Crippen molar-refractivity contribution in [1.82, 2.24) is 0 Å². The van der Waals surface area contributed by atoms with Gasteiger partial charge in [0.25, 0.3) is 0 Å². The number of nitrogens with one attached hydrogen (secondary N) is 2. The van der Waals surface area contributed by atoms with E-state index in [9.17, 15) is 4.79 Å². The maximum Gasteiger partial charge on any atom is 0.243 e. The van der Waals surface area contributed by atoms with Gasteiger partial charge in [-0.25, -0.2) is 0 Å². The lowest BCUT2D eigenvalue weighted by Crippen LogP contribution is -2.21. The second-order valence-electron chi connectivity index (χ2n) is 6.83. The van der Waals surface area contributed by atoms with Crippen LogP contribution in [0.15, 0.2) is 48.5 Å². The smallest absolute Gasteiger partial charge is 0.243 e. The highest BCUT2D eigenvalue weighted by atomic mass is 16.5. The molecule has 0 aromatic heterocycles. The maximum absolute atomic E-state index is 12.2. The average Bonchev–Trinajstić information content (AvgIpc) is 2.67. The van der Waals surface area contributed by atoms with Gasteiger partial charge in [0, 0.05) is 30.6 Å². The molecular weight excluding hydrogens is 356 g/mol. The van der Waals surface area contributed by atoms with Crippen molar-refractivity contribution in [3.05, 3.63) is 48.5 Å². The summed E-state index contributed by atoms with van der Waals surface area (Å²) in [6, 6.07) is 14.9. The number of benzene rings is 2. The lowest BCUT2D eigenvalue weighted by atomic mass is 10.1. The predicted octanol–water partition coefficient (Wildman–Crippen LogP) is 4.19. The highest BCUT2D eigenvalue weighted by molar-refractivity contribution is 5.93. The van der Waals surface area contributed by atoms with Gasteiger partial charge < -0.3 is 24.8 Å². The van der Waals surface area contributed by atoms with Crippen molar-refractivity contribution < 1.29 is 19.0 Å². The van der Waals surface area contributed by atoms with Crippen LogP contribution in [0.3, 0.4) is 0 Å². The molecule has 0 radical (unpaired) electrons. The SMILES string of the molecule is COCCOc1cccc(NCC(=O)Nc2cccc(OCCC(C)C)c2)c1. The Hall–Kier alpha value is -2.73. The minimum absolute atomic E-state index is 0.134. The summed E-state index contributed by atoms with van der Waals surface area (Å²) in [6.07, 6.45) is 0.995. The van der Waals surface area contributed by atoms with Crippen LogP contribution in [0.2, 0.25) is 0 Å². The molecular formula is C22H30N2O4. The standard InChI is InChI=1S/C22H30N2O4/c1-17(2)10-11-27-21-9-5-7-19(15-21)24-22(25)16-23-18-6-4-8-20(14-18)28-13-12-26-3/h4-9,14-15,17,23H,10-13,16H2,1-3H3,(H,24,25). The summed E-state index contributed by atoms with van der Waals surface area (Å²) in [5, 5.41) is 5.98. The van der Waals surface area contributed by atoms with Gasteiger partial charge in [-0.3, -0.25) is 4.79 Å². The van der Waals surface area contributed by atoms with E-state index < -0.39 is 0 Å². The van der Waals surface area contributed by atoms with Crippen molar-refractivity contribution in [3.63, 3.8) is 0 Å². The van der Waals surface area contributed by atoms with Gasteiger partial charge in [-0.05, 0) is 36.6 Å². The van der Waals surface area contributed by atoms with Crippen LogP contribution in [0.1, 0.15) is 20.3 Å². The molecule has 0 heterocycles. The van der Waals surface area contributed by atoms with Crippen LogP contribution in [0, 0.1) is 5.92 Å². The Bertz CT molecular complexity index is 734. The minimum atomic E-state index is -0.134. The molecule has 0 fully saturated rings. The molecule has 0 saturated heterocycles. The molecule has 28 heavy (non-hydrogen) atoms. The van der Waals surface area contributed by atoms with E-state index in [1.165, 1.54) is 0 Å². The number of carbonyl (C=O) groups is 1. The van der Waals surface area contributed by atoms with Crippen LogP contribution in [0.25, 0.3) is 0 Å². The molecule has 0 aliphatic carbocycles. The summed E-state index contributed by atoms with van der Waals surface area (Å²) in [6.45, 7) is 6.15. The monoisotopic (exact) mass is 386 g/mol. The Morgan fingerprint density at radius 2 is 1.57 bits per heavy atom. The fourth-order valence-corrected chi connectivity index (χ4v) is 2.40. The zero-order chi connectivity index (χ0) is 20.2. The molecule has 0 spiro atoms. The highest BCUT2D eigenvalue weighted by Gasteiger charge is 2.05. The summed E-state index contributed by atoms with van der Waals surface area (Å²) in [5.41, 5.74) is 1.53. The fourth-order valence-electron chi connectivity index (χ4n) is 2.40. The molecule has 0 atom stereocenters. The highest BCUT2D eigenvalue weighted by Crippen LogP contribution is 2.19. The van der Waals surface area contributed by atoms with Gasteiger partial charge in [0.05, 0.1) is 19.8 Å². The Balaban J connectivity index is 1.80. The second-order valence-corrected chi connectivity index (χ2v) is 6.83. The van der Waals surface area contributed by atoms with E-state index in [0.29, 0.717) is 31.4 Å². The molecule has 2 N–H and O–H groups in total. The van der Waals surface area contributed by atoms with E-state index in [0.717, 1.165) is 23.6 Å². The third kappa shape index (κ3) is 8.31. The van der Waals surface area contributed by atoms with Crippen molar-refractivity contribution in [3.8, 4) is 11.5 Å². The van der Waals surface area contributed by atoms with E-state index >= 15 is 0 Å². The van der Waals surface area contributed by atoms with Crippen LogP contribution in [0.5, 0.6) is 11.5 Å². The van der Waals surface area contributed by atoms with Crippen molar-refractivity contribution in [2.45, 2.75) is 20.3 Å². The first-order valence-electron chi connectivity index (χ1n) is 9.55. The molecule has 0 saturated carbocycles. The molecule has 0 bridgehead atoms. The number of methoxy groups -OCH3 is 1. The number of carbonyl (C=O) groups excluding carboxylic acids is 1. The van der Waals surface area contributed by atoms with Gasteiger partial charge in [-0.15, -0.1) is 0 Å². The molecule has 0 unspecified atom stereocenters. The van der Waals surface area contributed by atoms with E-state index in [1.54, 1.807) is 7.11 Å². The molecule has 2 rings (SSSR count). The summed E-state index contributed by atoms with van der Waals surface area (Å²) in [7, 11) is 1.63. The molecule has 6 heteroatoms. The third-order valence-electron chi connectivity index (χ3n) is 3.93. The summed E-state index contributed by atoms with van der Waals surface area (Å²) < 4.78 is 16.3. The van der Waals surface area contributed by atoms with Crippen LogP contribution < -0.4 is 20.1 Å². The minimum Gasteiger partial charge on any atom is -0.494 e. The number of amides is 1. The molecule has 2 aromatic carbocycles. The Labute approximate surface area is 167 Å². The van der Waals surface area contributed by atoms with Gasteiger partial charge in [-0.1, -0.05) is 26.0 Å². The number of hydrogen-bond acceptors (Lipinski definition) is 5. The largest absolute Gasteiger partial charge is 0.494 e. The molecule has 1 amide bonds. The zero-order valence-corrected chi connectivity index (χ0v) is 16.9. The predicted molar refractivity (Wildman–Crippen MR) is 112 cm³/mol. The first-order chi connectivity index (χ1) is 13.6. The summed E-state index contributed by atoms with van der Waals surface area (Å²) in [4.78, 5) is 12.2. The maximum atomic E-state index is 12.2. The molecule has 2 aromatic rings. The number of rotatable bonds is 12. The lowest BCUT2D eigenvalue weighted by Gasteiger charge is -2.12. The fraction of sp³-hybridized carbons (Fsp3) is 0.409. The lowest BCUT2D eigenvalue weighted by molar-refractivity contribution is -0.114. The van der Waals surface area contributed by atoms with Crippen molar-refractivity contribution in [2.75, 3.05) is 44.1 Å². The van der Waals surface area contributed by atoms with Gasteiger partial charge in [0.15, 0.2) is 0 Å². The Kier molecular flexibility index (Phi) is 9.15. The number of anilines is 2. The summed E-state index contributed by atoms with van der Waals surface area (Å²) in [5.74, 6) is 1.95. The number of hydrogen-bond donors (Lipinski definition) is 2. The molecule has 0 aliphatic rings. The third-order valence-corrected chi connectivity index (χ3v) is 3.93. The van der Waals surface area contributed by atoms with Gasteiger partial charge in [-0.2, -0.15) is 0 Å². The molecule has 152 valence electrons. The van der Waals surface area contributed by atoms with Crippen molar-refractivity contribution >= 4 is 17.3 Å². The van der Waals surface area contributed by atoms with Crippen LogP contribution >= 0.6 is 0 Å². The van der Waals surface area contributed by atoms with E-state index in [1.807, 2.05) is 48.5 Å². The van der Waals surface area contributed by atoms with E-state index in [-0.39, 0.29) is 12.5 Å². The van der Waals surface area contributed by atoms with Crippen molar-refractivity contribution in [2.24, 2.45) is 5.92 Å². The first kappa shape index (κ1) is 21.6.